The first-order valence-corrected chi connectivity index (χ1v) is 16.1. The molecule has 1 aromatic heterocycles. The minimum Gasteiger partial charge on any atom is -0.453 e. The fraction of sp³-hybridized carbons (Fsp3) is 0.0227. The number of imidazole rings is 1. The van der Waals surface area contributed by atoms with Crippen molar-refractivity contribution in [2.45, 2.75) is 5.41 Å². The van der Waals surface area contributed by atoms with E-state index in [4.69, 9.17) is 9.72 Å². The Bertz CT molecular complexity index is 2440. The van der Waals surface area contributed by atoms with E-state index in [1.807, 2.05) is 18.2 Å². The van der Waals surface area contributed by atoms with E-state index in [9.17, 15) is 0 Å². The summed E-state index contributed by atoms with van der Waals surface area (Å²) in [5, 5.41) is 0. The lowest BCUT2D eigenvalue weighted by Crippen LogP contribution is -2.28. The van der Waals surface area contributed by atoms with Gasteiger partial charge in [-0.05, 0) is 74.8 Å². The topological polar surface area (TPSA) is 27.1 Å². The molecule has 2 heterocycles. The number of ether oxygens (including phenoxy) is 1. The van der Waals surface area contributed by atoms with E-state index in [1.165, 1.54) is 33.4 Å². The van der Waals surface area contributed by atoms with Gasteiger partial charge in [0, 0.05) is 5.56 Å². The lowest BCUT2D eigenvalue weighted by Gasteiger charge is -2.34. The van der Waals surface area contributed by atoms with Gasteiger partial charge in [-0.2, -0.15) is 0 Å². The summed E-state index contributed by atoms with van der Waals surface area (Å²) in [5.41, 5.74) is 13.5. The summed E-state index contributed by atoms with van der Waals surface area (Å²) in [4.78, 5) is 5.05. The molecule has 8 aromatic rings. The second-order valence-corrected chi connectivity index (χ2v) is 12.3. The van der Waals surface area contributed by atoms with Crippen LogP contribution in [0.3, 0.4) is 0 Å². The molecule has 220 valence electrons. The minimum absolute atomic E-state index is 0.443. The zero-order chi connectivity index (χ0) is 31.0. The molecule has 0 spiro atoms. The van der Waals surface area contributed by atoms with Crippen LogP contribution in [0.5, 0.6) is 11.5 Å². The molecule has 1 aliphatic heterocycles. The van der Waals surface area contributed by atoms with Gasteiger partial charge in [0.25, 0.3) is 0 Å². The summed E-state index contributed by atoms with van der Waals surface area (Å²) in [5.74, 6) is 2.55. The standard InChI is InChI=1S/C44H28N2O/c1-4-13-29(14-5-1)43-45-38-21-12-22-40-42(38)46(43)39-26-24-31(28-41(39)47-40)30-23-25-35-34-19-10-11-20-36(34)44(37(35)27-30,32-15-6-2-7-16-32)33-17-8-3-9-18-33/h1-28H. The van der Waals surface area contributed by atoms with Crippen LogP contribution < -0.4 is 4.74 Å². The lowest BCUT2D eigenvalue weighted by atomic mass is 9.67. The molecular weight excluding hydrogens is 572 g/mol. The molecule has 0 bridgehead atoms. The Morgan fingerprint density at radius 1 is 0.468 bits per heavy atom. The number of hydrogen-bond donors (Lipinski definition) is 0. The number of para-hydroxylation sites is 1. The molecule has 3 nitrogen and oxygen atoms in total. The van der Waals surface area contributed by atoms with Crippen molar-refractivity contribution in [2.75, 3.05) is 0 Å². The predicted octanol–water partition coefficient (Wildman–Crippen LogP) is 10.8. The number of nitrogens with zero attached hydrogens (tertiary/aromatic N) is 2. The highest BCUT2D eigenvalue weighted by Crippen LogP contribution is 2.57. The second-order valence-electron chi connectivity index (χ2n) is 12.3. The molecular formula is C44H28N2O. The third kappa shape index (κ3) is 3.65. The molecule has 0 saturated carbocycles. The highest BCUT2D eigenvalue weighted by molar-refractivity contribution is 5.92. The molecule has 2 aliphatic rings. The van der Waals surface area contributed by atoms with Crippen LogP contribution in [0.15, 0.2) is 170 Å². The quantitative estimate of drug-likeness (QED) is 0.201. The SMILES string of the molecule is c1ccc(-c2nc3cccc4c3n2-c2ccc(-c3ccc5c(c3)C(c3ccccc3)(c3ccccc3)c3ccccc3-5)cc2O4)cc1. The predicted molar refractivity (Wildman–Crippen MR) is 189 cm³/mol. The summed E-state index contributed by atoms with van der Waals surface area (Å²) >= 11 is 0. The van der Waals surface area contributed by atoms with Crippen molar-refractivity contribution in [3.05, 3.63) is 192 Å². The van der Waals surface area contributed by atoms with Crippen LogP contribution in [0.1, 0.15) is 22.3 Å². The van der Waals surface area contributed by atoms with Crippen LogP contribution in [0.25, 0.3) is 50.4 Å². The van der Waals surface area contributed by atoms with Crippen molar-refractivity contribution in [3.63, 3.8) is 0 Å². The Kier molecular flexibility index (Phi) is 5.49. The molecule has 0 fully saturated rings. The van der Waals surface area contributed by atoms with E-state index in [-0.39, 0.29) is 0 Å². The summed E-state index contributed by atoms with van der Waals surface area (Å²) in [7, 11) is 0. The Morgan fingerprint density at radius 3 is 1.87 bits per heavy atom. The van der Waals surface area contributed by atoms with Gasteiger partial charge in [0.05, 0.1) is 16.6 Å². The van der Waals surface area contributed by atoms with E-state index in [0.29, 0.717) is 0 Å². The molecule has 0 N–H and O–H groups in total. The van der Waals surface area contributed by atoms with E-state index in [1.54, 1.807) is 0 Å². The maximum atomic E-state index is 6.62. The normalized spacial score (nSPS) is 13.4. The summed E-state index contributed by atoms with van der Waals surface area (Å²) < 4.78 is 8.87. The van der Waals surface area contributed by atoms with Gasteiger partial charge in [-0.1, -0.05) is 140 Å². The van der Waals surface area contributed by atoms with Crippen LogP contribution >= 0.6 is 0 Å². The van der Waals surface area contributed by atoms with E-state index >= 15 is 0 Å². The average Bonchev–Trinajstić information content (AvgIpc) is 3.68. The second kappa shape index (κ2) is 9.90. The average molecular weight is 601 g/mol. The summed E-state index contributed by atoms with van der Waals surface area (Å²) in [6, 6.07) is 60.8. The van der Waals surface area contributed by atoms with Gasteiger partial charge >= 0.3 is 0 Å². The van der Waals surface area contributed by atoms with Gasteiger partial charge in [-0.25, -0.2) is 4.98 Å². The van der Waals surface area contributed by atoms with Crippen molar-refractivity contribution in [3.8, 4) is 50.8 Å². The highest BCUT2D eigenvalue weighted by atomic mass is 16.5. The molecule has 0 unspecified atom stereocenters. The fourth-order valence-corrected chi connectivity index (χ4v) is 7.90. The van der Waals surface area contributed by atoms with Gasteiger partial charge in [-0.3, -0.25) is 4.57 Å². The first-order chi connectivity index (χ1) is 23.3. The van der Waals surface area contributed by atoms with Gasteiger partial charge in [0.2, 0.25) is 0 Å². The Labute approximate surface area is 273 Å². The fourth-order valence-electron chi connectivity index (χ4n) is 7.90. The van der Waals surface area contributed by atoms with Crippen LogP contribution in [-0.4, -0.2) is 9.55 Å². The molecule has 0 amide bonds. The summed E-state index contributed by atoms with van der Waals surface area (Å²) in [6.45, 7) is 0. The van der Waals surface area contributed by atoms with Gasteiger partial charge < -0.3 is 4.74 Å². The first-order valence-electron chi connectivity index (χ1n) is 16.1. The first kappa shape index (κ1) is 26.1. The number of fused-ring (bicyclic) bond motifs is 5. The maximum absolute atomic E-state index is 6.62. The Morgan fingerprint density at radius 2 is 1.11 bits per heavy atom. The third-order valence-corrected chi connectivity index (χ3v) is 9.88. The molecule has 0 saturated heterocycles. The van der Waals surface area contributed by atoms with Crippen LogP contribution in [0, 0.1) is 0 Å². The van der Waals surface area contributed by atoms with Gasteiger partial charge in [0.15, 0.2) is 11.5 Å². The van der Waals surface area contributed by atoms with E-state index < -0.39 is 5.41 Å². The molecule has 7 aromatic carbocycles. The zero-order valence-corrected chi connectivity index (χ0v) is 25.5. The van der Waals surface area contributed by atoms with Crippen molar-refractivity contribution in [1.29, 1.82) is 0 Å². The number of benzene rings is 7. The Balaban J connectivity index is 1.18. The molecule has 3 heteroatoms. The highest BCUT2D eigenvalue weighted by Gasteiger charge is 2.46. The number of hydrogen-bond acceptors (Lipinski definition) is 2. The van der Waals surface area contributed by atoms with Crippen LogP contribution in [0.2, 0.25) is 0 Å². The summed E-state index contributed by atoms with van der Waals surface area (Å²) in [6.07, 6.45) is 0. The third-order valence-electron chi connectivity index (χ3n) is 9.88. The monoisotopic (exact) mass is 600 g/mol. The lowest BCUT2D eigenvalue weighted by molar-refractivity contribution is 0.476. The maximum Gasteiger partial charge on any atom is 0.153 e. The van der Waals surface area contributed by atoms with E-state index in [2.05, 4.69) is 156 Å². The van der Waals surface area contributed by atoms with Gasteiger partial charge in [0.1, 0.15) is 11.3 Å². The van der Waals surface area contributed by atoms with Crippen molar-refractivity contribution in [2.24, 2.45) is 0 Å². The minimum atomic E-state index is -0.443. The van der Waals surface area contributed by atoms with Gasteiger partial charge in [-0.15, -0.1) is 0 Å². The smallest absolute Gasteiger partial charge is 0.153 e. The molecule has 10 rings (SSSR count). The number of rotatable bonds is 4. The Hall–Kier alpha value is -6.19. The zero-order valence-electron chi connectivity index (χ0n) is 25.5. The van der Waals surface area contributed by atoms with E-state index in [0.717, 1.165) is 50.7 Å². The number of aromatic nitrogens is 2. The largest absolute Gasteiger partial charge is 0.453 e. The van der Waals surface area contributed by atoms with Crippen LogP contribution in [0.4, 0.5) is 0 Å². The molecule has 0 radical (unpaired) electrons. The molecule has 0 atom stereocenters. The molecule has 1 aliphatic carbocycles. The van der Waals surface area contributed by atoms with Crippen molar-refractivity contribution in [1.82, 2.24) is 9.55 Å². The van der Waals surface area contributed by atoms with Crippen molar-refractivity contribution < 1.29 is 4.74 Å². The van der Waals surface area contributed by atoms with Crippen LogP contribution in [-0.2, 0) is 5.41 Å². The molecule has 47 heavy (non-hydrogen) atoms. The van der Waals surface area contributed by atoms with Crippen molar-refractivity contribution >= 4 is 11.0 Å².